The monoisotopic (exact) mass is 319 g/mol. The zero-order chi connectivity index (χ0) is 16.8. The molecule has 2 N–H and O–H groups in total. The van der Waals surface area contributed by atoms with Crippen molar-refractivity contribution in [3.63, 3.8) is 0 Å². The first-order valence-electron chi connectivity index (χ1n) is 8.56. The van der Waals surface area contributed by atoms with Gasteiger partial charge in [0.15, 0.2) is 0 Å². The van der Waals surface area contributed by atoms with Crippen molar-refractivity contribution >= 4 is 5.91 Å². The molecule has 5 nitrogen and oxygen atoms in total. The standard InChI is InChI=1S/C18H29N3O2/c1-12(2)16(17-13(3)7-5-9-19-17)21-14(4)18(22)20-11-15-8-6-10-23-15/h5,7,9,12,14-16,21H,6,8,10-11H2,1-4H3,(H,20,22)/t14-,15-,16-/m0/s1. The van der Waals surface area contributed by atoms with Crippen LogP contribution in [0.3, 0.4) is 0 Å². The van der Waals surface area contributed by atoms with Crippen LogP contribution >= 0.6 is 0 Å². The Morgan fingerprint density at radius 2 is 2.22 bits per heavy atom. The van der Waals surface area contributed by atoms with Gasteiger partial charge >= 0.3 is 0 Å². The molecule has 0 unspecified atom stereocenters. The van der Waals surface area contributed by atoms with Gasteiger partial charge in [0.1, 0.15) is 0 Å². The summed E-state index contributed by atoms with van der Waals surface area (Å²) in [6.45, 7) is 9.65. The number of ether oxygens (including phenoxy) is 1. The summed E-state index contributed by atoms with van der Waals surface area (Å²) in [5, 5.41) is 6.42. The summed E-state index contributed by atoms with van der Waals surface area (Å²) in [5.74, 6) is 0.358. The van der Waals surface area contributed by atoms with E-state index in [0.717, 1.165) is 30.7 Å². The topological polar surface area (TPSA) is 63.2 Å². The molecular formula is C18H29N3O2. The van der Waals surface area contributed by atoms with Gasteiger partial charge in [-0.15, -0.1) is 0 Å². The van der Waals surface area contributed by atoms with Gasteiger partial charge in [0, 0.05) is 19.3 Å². The molecule has 1 aliphatic heterocycles. The number of amides is 1. The number of nitrogens with one attached hydrogen (secondary N) is 2. The molecule has 0 spiro atoms. The van der Waals surface area contributed by atoms with E-state index in [0.29, 0.717) is 12.5 Å². The molecule has 1 aromatic rings. The van der Waals surface area contributed by atoms with Crippen LogP contribution in [0.1, 0.15) is 50.9 Å². The molecule has 0 aromatic carbocycles. The van der Waals surface area contributed by atoms with Gasteiger partial charge in [-0.25, -0.2) is 0 Å². The van der Waals surface area contributed by atoms with Gasteiger partial charge in [-0.05, 0) is 44.2 Å². The number of nitrogens with zero attached hydrogens (tertiary/aromatic N) is 1. The van der Waals surface area contributed by atoms with E-state index in [1.807, 2.05) is 19.2 Å². The highest BCUT2D eigenvalue weighted by Crippen LogP contribution is 2.23. The normalized spacial score (nSPS) is 20.5. The molecule has 1 aromatic heterocycles. The van der Waals surface area contributed by atoms with Gasteiger partial charge in [0.05, 0.1) is 23.9 Å². The summed E-state index contributed by atoms with van der Waals surface area (Å²) in [5.41, 5.74) is 2.16. The first kappa shape index (κ1) is 17.9. The Morgan fingerprint density at radius 1 is 1.43 bits per heavy atom. The van der Waals surface area contributed by atoms with Crippen LogP contribution in [-0.2, 0) is 9.53 Å². The maximum atomic E-state index is 12.3. The Balaban J connectivity index is 1.93. The number of hydrogen-bond acceptors (Lipinski definition) is 4. The van der Waals surface area contributed by atoms with E-state index in [1.54, 1.807) is 0 Å². The van der Waals surface area contributed by atoms with E-state index in [1.165, 1.54) is 0 Å². The third kappa shape index (κ3) is 5.01. The number of hydrogen-bond donors (Lipinski definition) is 2. The van der Waals surface area contributed by atoms with Crippen molar-refractivity contribution in [2.24, 2.45) is 5.92 Å². The SMILES string of the molecule is Cc1cccnc1[C@@H](N[C@@H](C)C(=O)NC[C@@H]1CCCO1)C(C)C. The smallest absolute Gasteiger partial charge is 0.236 e. The zero-order valence-corrected chi connectivity index (χ0v) is 14.6. The van der Waals surface area contributed by atoms with E-state index < -0.39 is 0 Å². The molecule has 0 bridgehead atoms. The predicted octanol–water partition coefficient (Wildman–Crippen LogP) is 2.36. The van der Waals surface area contributed by atoms with E-state index in [9.17, 15) is 4.79 Å². The van der Waals surface area contributed by atoms with Crippen molar-refractivity contribution in [1.29, 1.82) is 0 Å². The molecule has 1 fully saturated rings. The van der Waals surface area contributed by atoms with Crippen molar-refractivity contribution in [3.8, 4) is 0 Å². The maximum Gasteiger partial charge on any atom is 0.236 e. The Hall–Kier alpha value is -1.46. The second kappa shape index (κ2) is 8.41. The molecule has 1 amide bonds. The van der Waals surface area contributed by atoms with Crippen LogP contribution in [0, 0.1) is 12.8 Å². The van der Waals surface area contributed by atoms with Crippen molar-refractivity contribution in [2.45, 2.75) is 58.7 Å². The third-order valence-corrected chi connectivity index (χ3v) is 4.36. The largest absolute Gasteiger partial charge is 0.376 e. The quantitative estimate of drug-likeness (QED) is 0.810. The van der Waals surface area contributed by atoms with Crippen LogP contribution in [0.25, 0.3) is 0 Å². The van der Waals surface area contributed by atoms with Crippen molar-refractivity contribution < 1.29 is 9.53 Å². The molecule has 2 rings (SSSR count). The van der Waals surface area contributed by atoms with Crippen LogP contribution in [0.15, 0.2) is 18.3 Å². The number of carbonyl (C=O) groups excluding carboxylic acids is 1. The highest BCUT2D eigenvalue weighted by molar-refractivity contribution is 5.81. The minimum absolute atomic E-state index is 0.0136. The Kier molecular flexibility index (Phi) is 6.54. The molecule has 0 aliphatic carbocycles. The molecule has 23 heavy (non-hydrogen) atoms. The lowest BCUT2D eigenvalue weighted by atomic mass is 9.96. The molecule has 0 saturated carbocycles. The van der Waals surface area contributed by atoms with Gasteiger partial charge in [0.25, 0.3) is 0 Å². The molecule has 1 aliphatic rings. The van der Waals surface area contributed by atoms with E-state index in [2.05, 4.69) is 42.5 Å². The first-order chi connectivity index (χ1) is 11.0. The minimum atomic E-state index is -0.273. The summed E-state index contributed by atoms with van der Waals surface area (Å²) >= 11 is 0. The Bertz CT molecular complexity index is 513. The summed E-state index contributed by atoms with van der Waals surface area (Å²) in [7, 11) is 0. The molecule has 128 valence electrons. The summed E-state index contributed by atoms with van der Waals surface area (Å²) in [4.78, 5) is 16.8. The fourth-order valence-electron chi connectivity index (χ4n) is 2.93. The number of rotatable bonds is 7. The number of pyridine rings is 1. The fraction of sp³-hybridized carbons (Fsp3) is 0.667. The maximum absolute atomic E-state index is 12.3. The van der Waals surface area contributed by atoms with Crippen molar-refractivity contribution in [1.82, 2.24) is 15.6 Å². The lowest BCUT2D eigenvalue weighted by molar-refractivity contribution is -0.123. The highest BCUT2D eigenvalue weighted by atomic mass is 16.5. The van der Waals surface area contributed by atoms with Gasteiger partial charge < -0.3 is 10.1 Å². The molecule has 5 heteroatoms. The molecular weight excluding hydrogens is 290 g/mol. The first-order valence-corrected chi connectivity index (χ1v) is 8.56. The van der Waals surface area contributed by atoms with Gasteiger partial charge in [-0.3, -0.25) is 15.1 Å². The summed E-state index contributed by atoms with van der Waals surface area (Å²) < 4.78 is 5.54. The van der Waals surface area contributed by atoms with Crippen LogP contribution in [0.2, 0.25) is 0 Å². The Labute approximate surface area is 139 Å². The second-order valence-corrected chi connectivity index (χ2v) is 6.70. The molecule has 0 radical (unpaired) electrons. The number of aromatic nitrogens is 1. The molecule has 2 heterocycles. The highest BCUT2D eigenvalue weighted by Gasteiger charge is 2.24. The summed E-state index contributed by atoms with van der Waals surface area (Å²) in [6.07, 6.45) is 4.10. The van der Waals surface area contributed by atoms with E-state index >= 15 is 0 Å². The lowest BCUT2D eigenvalue weighted by Crippen LogP contribution is -2.46. The lowest BCUT2D eigenvalue weighted by Gasteiger charge is -2.27. The van der Waals surface area contributed by atoms with Crippen LogP contribution < -0.4 is 10.6 Å². The number of carbonyl (C=O) groups is 1. The van der Waals surface area contributed by atoms with Crippen LogP contribution in [0.5, 0.6) is 0 Å². The average Bonchev–Trinajstić information content (AvgIpc) is 3.04. The molecule has 1 saturated heterocycles. The fourth-order valence-corrected chi connectivity index (χ4v) is 2.93. The van der Waals surface area contributed by atoms with Crippen molar-refractivity contribution in [2.75, 3.05) is 13.2 Å². The Morgan fingerprint density at radius 3 is 2.83 bits per heavy atom. The van der Waals surface area contributed by atoms with Crippen LogP contribution in [0.4, 0.5) is 0 Å². The predicted molar refractivity (Wildman–Crippen MR) is 91.1 cm³/mol. The minimum Gasteiger partial charge on any atom is -0.376 e. The average molecular weight is 319 g/mol. The van der Waals surface area contributed by atoms with Gasteiger partial charge in [-0.2, -0.15) is 0 Å². The summed E-state index contributed by atoms with van der Waals surface area (Å²) in [6, 6.07) is 3.78. The van der Waals surface area contributed by atoms with E-state index in [4.69, 9.17) is 4.74 Å². The van der Waals surface area contributed by atoms with Crippen LogP contribution in [-0.4, -0.2) is 36.2 Å². The van der Waals surface area contributed by atoms with Gasteiger partial charge in [-0.1, -0.05) is 19.9 Å². The number of aryl methyl sites for hydroxylation is 1. The molecule has 3 atom stereocenters. The third-order valence-electron chi connectivity index (χ3n) is 4.36. The van der Waals surface area contributed by atoms with Gasteiger partial charge in [0.2, 0.25) is 5.91 Å². The van der Waals surface area contributed by atoms with Crippen molar-refractivity contribution in [3.05, 3.63) is 29.6 Å². The second-order valence-electron chi connectivity index (χ2n) is 6.70. The zero-order valence-electron chi connectivity index (χ0n) is 14.6. The van der Waals surface area contributed by atoms with E-state index in [-0.39, 0.29) is 24.1 Å².